The quantitative estimate of drug-likeness (QED) is 0.577. The molecule has 0 amide bonds. The molecule has 0 aromatic rings. The van der Waals surface area contributed by atoms with Gasteiger partial charge in [-0.25, -0.2) is 0 Å². The molecule has 0 bridgehead atoms. The third-order valence-corrected chi connectivity index (χ3v) is 8.64. The average Bonchev–Trinajstić information content (AvgIpc) is 3.01. The molecular formula is C25H40O9. The van der Waals surface area contributed by atoms with Crippen LogP contribution < -0.4 is 0 Å². The molecule has 0 radical (unpaired) electrons. The van der Waals surface area contributed by atoms with Gasteiger partial charge in [0.25, 0.3) is 0 Å². The lowest BCUT2D eigenvalue weighted by Gasteiger charge is -2.51. The smallest absolute Gasteiger partial charge is 0.302 e. The predicted molar refractivity (Wildman–Crippen MR) is 119 cm³/mol. The molecule has 0 aliphatic carbocycles. The number of ether oxygens (including phenoxy) is 6. The van der Waals surface area contributed by atoms with Gasteiger partial charge in [0.05, 0.1) is 66.6 Å². The summed E-state index contributed by atoms with van der Waals surface area (Å²) >= 11 is 0. The number of carbonyl (C=O) groups is 1. The first kappa shape index (κ1) is 24.9. The number of fused-ring (bicyclic) bond motifs is 4. The topological polar surface area (TPSA) is 113 Å². The average molecular weight is 485 g/mol. The van der Waals surface area contributed by atoms with Gasteiger partial charge in [-0.1, -0.05) is 0 Å². The lowest BCUT2D eigenvalue weighted by molar-refractivity contribution is -0.293. The molecule has 2 N–H and O–H groups in total. The second-order valence-electron chi connectivity index (χ2n) is 11.2. The highest BCUT2D eigenvalue weighted by atomic mass is 16.6. The van der Waals surface area contributed by atoms with E-state index in [0.29, 0.717) is 12.8 Å². The predicted octanol–water partition coefficient (Wildman–Crippen LogP) is 1.64. The highest BCUT2D eigenvalue weighted by Gasteiger charge is 2.56. The van der Waals surface area contributed by atoms with E-state index in [1.165, 1.54) is 6.92 Å². The van der Waals surface area contributed by atoms with Crippen molar-refractivity contribution in [1.82, 2.24) is 0 Å². The van der Waals surface area contributed by atoms with Gasteiger partial charge in [-0.05, 0) is 52.4 Å². The van der Waals surface area contributed by atoms with Crippen LogP contribution in [-0.2, 0) is 33.2 Å². The van der Waals surface area contributed by atoms with E-state index in [2.05, 4.69) is 13.8 Å². The number of esters is 1. The van der Waals surface area contributed by atoms with Crippen LogP contribution in [0.5, 0.6) is 0 Å². The van der Waals surface area contributed by atoms with Gasteiger partial charge >= 0.3 is 5.97 Å². The lowest BCUT2D eigenvalue weighted by atomic mass is 9.82. The second kappa shape index (κ2) is 9.57. The van der Waals surface area contributed by atoms with Gasteiger partial charge in [0.1, 0.15) is 12.7 Å². The molecule has 5 rings (SSSR count). The van der Waals surface area contributed by atoms with Crippen LogP contribution >= 0.6 is 0 Å². The van der Waals surface area contributed by atoms with Crippen LogP contribution in [-0.4, -0.2) is 95.5 Å². The summed E-state index contributed by atoms with van der Waals surface area (Å²) in [7, 11) is 0. The minimum absolute atomic E-state index is 0.0356. The fourth-order valence-corrected chi connectivity index (χ4v) is 6.64. The Bertz CT molecular complexity index is 748. The highest BCUT2D eigenvalue weighted by molar-refractivity contribution is 5.65. The zero-order valence-corrected chi connectivity index (χ0v) is 20.5. The Morgan fingerprint density at radius 2 is 1.56 bits per heavy atom. The van der Waals surface area contributed by atoms with E-state index >= 15 is 0 Å². The number of rotatable bonds is 3. The molecule has 0 aromatic heterocycles. The maximum Gasteiger partial charge on any atom is 0.302 e. The Labute approximate surface area is 201 Å². The molecule has 194 valence electrons. The Hall–Kier alpha value is -0.810. The van der Waals surface area contributed by atoms with Gasteiger partial charge in [-0.3, -0.25) is 4.79 Å². The summed E-state index contributed by atoms with van der Waals surface area (Å²) in [5, 5.41) is 20.2. The monoisotopic (exact) mass is 484 g/mol. The molecule has 9 nitrogen and oxygen atoms in total. The molecule has 5 fully saturated rings. The third-order valence-electron chi connectivity index (χ3n) is 8.64. The van der Waals surface area contributed by atoms with Crippen molar-refractivity contribution >= 4 is 5.97 Å². The molecule has 11 atom stereocenters. The van der Waals surface area contributed by atoms with Gasteiger partial charge in [-0.15, -0.1) is 0 Å². The van der Waals surface area contributed by atoms with Crippen molar-refractivity contribution in [3.8, 4) is 0 Å². The third kappa shape index (κ3) is 4.77. The fraction of sp³-hybridized carbons (Fsp3) is 0.960. The van der Waals surface area contributed by atoms with Gasteiger partial charge in [0.2, 0.25) is 0 Å². The first-order valence-corrected chi connectivity index (χ1v) is 12.9. The normalized spacial score (nSPS) is 51.0. The molecule has 5 aliphatic heterocycles. The second-order valence-corrected chi connectivity index (χ2v) is 11.2. The minimum atomic E-state index is -0.654. The van der Waals surface area contributed by atoms with Gasteiger partial charge in [0.15, 0.2) is 0 Å². The van der Waals surface area contributed by atoms with Gasteiger partial charge < -0.3 is 38.6 Å². The molecule has 0 saturated carbocycles. The SMILES string of the molecule is CC(=O)OC[C@@H]1CC[C@H]2O[C@@H]3CC[C@@]4(C)O[C@H]5[C@@H](O)C[C@@H](CO)O[C@@H]5C[C@@H]4O[C@@H]3CC[C@]2(C)O1. The standard InChI is InChI=1S/C25H40O9/c1-14(27)29-13-15-4-5-21-24(2,33-15)8-6-19-18(31-21)7-9-25(3)22(32-19)11-20-23(34-25)17(28)10-16(12-26)30-20/h15-23,26,28H,4-13H2,1-3H3/t15-,16-,17-,18+,19+,20+,21+,22-,23-,24-,25+/m0/s1. The summed E-state index contributed by atoms with van der Waals surface area (Å²) < 4.78 is 37.5. The summed E-state index contributed by atoms with van der Waals surface area (Å²) in [6, 6.07) is 0. The van der Waals surface area contributed by atoms with Crippen molar-refractivity contribution in [2.24, 2.45) is 0 Å². The van der Waals surface area contributed by atoms with Crippen LogP contribution in [0.15, 0.2) is 0 Å². The number of carbonyl (C=O) groups excluding carboxylic acids is 1. The Morgan fingerprint density at radius 1 is 0.882 bits per heavy atom. The van der Waals surface area contributed by atoms with Crippen LogP contribution in [0.25, 0.3) is 0 Å². The van der Waals surface area contributed by atoms with Crippen molar-refractivity contribution in [2.75, 3.05) is 13.2 Å². The van der Waals surface area contributed by atoms with Crippen molar-refractivity contribution in [3.05, 3.63) is 0 Å². The number of hydrogen-bond acceptors (Lipinski definition) is 9. The van der Waals surface area contributed by atoms with E-state index in [4.69, 9.17) is 28.4 Å². The summed E-state index contributed by atoms with van der Waals surface area (Å²) in [6.45, 7) is 5.77. The van der Waals surface area contributed by atoms with Crippen LogP contribution in [0.2, 0.25) is 0 Å². The summed E-state index contributed by atoms with van der Waals surface area (Å²) in [5.41, 5.74) is -0.963. The van der Waals surface area contributed by atoms with E-state index in [9.17, 15) is 15.0 Å². The molecule has 5 heterocycles. The van der Waals surface area contributed by atoms with Crippen LogP contribution in [0.4, 0.5) is 0 Å². The van der Waals surface area contributed by atoms with Crippen molar-refractivity contribution in [3.63, 3.8) is 0 Å². The molecular weight excluding hydrogens is 444 g/mol. The maximum atomic E-state index is 11.2. The van der Waals surface area contributed by atoms with Gasteiger partial charge in [-0.2, -0.15) is 0 Å². The fourth-order valence-electron chi connectivity index (χ4n) is 6.64. The Balaban J connectivity index is 1.27. The maximum absolute atomic E-state index is 11.2. The van der Waals surface area contributed by atoms with E-state index in [1.807, 2.05) is 0 Å². The van der Waals surface area contributed by atoms with Crippen LogP contribution in [0.1, 0.15) is 72.1 Å². The van der Waals surface area contributed by atoms with Crippen molar-refractivity contribution < 1.29 is 43.4 Å². The van der Waals surface area contributed by atoms with Crippen LogP contribution in [0.3, 0.4) is 0 Å². The van der Waals surface area contributed by atoms with E-state index in [0.717, 1.165) is 38.5 Å². The Morgan fingerprint density at radius 3 is 2.24 bits per heavy atom. The van der Waals surface area contributed by atoms with Gasteiger partial charge in [0, 0.05) is 19.8 Å². The molecule has 0 spiro atoms. The van der Waals surface area contributed by atoms with Crippen LogP contribution in [0, 0.1) is 0 Å². The lowest BCUT2D eigenvalue weighted by Crippen LogP contribution is -2.62. The summed E-state index contributed by atoms with van der Waals surface area (Å²) in [6.07, 6.45) is 3.67. The largest absolute Gasteiger partial charge is 0.463 e. The van der Waals surface area contributed by atoms with E-state index in [-0.39, 0.29) is 61.9 Å². The minimum Gasteiger partial charge on any atom is -0.463 e. The number of aliphatic hydroxyl groups is 2. The number of hydrogen-bond donors (Lipinski definition) is 2. The van der Waals surface area contributed by atoms with E-state index < -0.39 is 23.4 Å². The van der Waals surface area contributed by atoms with Crippen molar-refractivity contribution in [1.29, 1.82) is 0 Å². The molecule has 5 aliphatic rings. The molecule has 5 saturated heterocycles. The molecule has 0 aromatic carbocycles. The molecule has 0 unspecified atom stereocenters. The first-order valence-electron chi connectivity index (χ1n) is 12.9. The highest BCUT2D eigenvalue weighted by Crippen LogP contribution is 2.47. The summed E-state index contributed by atoms with van der Waals surface area (Å²) in [5.74, 6) is -0.288. The zero-order valence-electron chi connectivity index (χ0n) is 20.5. The zero-order chi connectivity index (χ0) is 24.1. The molecule has 9 heteroatoms. The van der Waals surface area contributed by atoms with Crippen molar-refractivity contribution in [2.45, 2.75) is 138 Å². The first-order chi connectivity index (χ1) is 16.2. The number of aliphatic hydroxyl groups excluding tert-OH is 2. The Kier molecular flexibility index (Phi) is 7.00. The summed E-state index contributed by atoms with van der Waals surface area (Å²) in [4.78, 5) is 11.2. The van der Waals surface area contributed by atoms with E-state index in [1.54, 1.807) is 0 Å². The molecule has 34 heavy (non-hydrogen) atoms.